The van der Waals surface area contributed by atoms with E-state index in [4.69, 9.17) is 11.6 Å². The molecule has 0 atom stereocenters. The average molecular weight is 289 g/mol. The van der Waals surface area contributed by atoms with E-state index in [-0.39, 0.29) is 12.5 Å². The molecule has 2 rings (SSSR count). The Morgan fingerprint density at radius 3 is 2.40 bits per heavy atom. The molecular weight excluding hydrogens is 272 g/mol. The summed E-state index contributed by atoms with van der Waals surface area (Å²) in [4.78, 5) is 11.7. The fraction of sp³-hybridized carbons (Fsp3) is 0.188. The van der Waals surface area contributed by atoms with Gasteiger partial charge in [-0.2, -0.15) is 0 Å². The molecule has 0 saturated heterocycles. The first-order chi connectivity index (χ1) is 9.74. The molecule has 2 aromatic carbocycles. The van der Waals surface area contributed by atoms with Gasteiger partial charge in [-0.15, -0.1) is 0 Å². The van der Waals surface area contributed by atoms with Gasteiger partial charge >= 0.3 is 0 Å². The number of halogens is 1. The number of nitrogens with one attached hydrogen (secondary N) is 2. The number of carbonyl (C=O) groups excluding carboxylic acids is 1. The predicted molar refractivity (Wildman–Crippen MR) is 83.1 cm³/mol. The van der Waals surface area contributed by atoms with Crippen LogP contribution in [0.1, 0.15) is 5.56 Å². The molecule has 104 valence electrons. The number of para-hydroxylation sites is 1. The maximum Gasteiger partial charge on any atom is 0.239 e. The summed E-state index contributed by atoms with van der Waals surface area (Å²) in [6.45, 7) is 0.904. The third-order valence-corrected chi connectivity index (χ3v) is 3.13. The Balaban J connectivity index is 1.66. The first-order valence-corrected chi connectivity index (χ1v) is 6.92. The molecule has 2 aromatic rings. The maximum absolute atomic E-state index is 11.7. The summed E-state index contributed by atoms with van der Waals surface area (Å²) in [5, 5.41) is 6.68. The van der Waals surface area contributed by atoms with Crippen LogP contribution in [0.4, 0.5) is 5.69 Å². The first-order valence-electron chi connectivity index (χ1n) is 6.54. The summed E-state index contributed by atoms with van der Waals surface area (Å²) in [5.41, 5.74) is 2.10. The lowest BCUT2D eigenvalue weighted by molar-refractivity contribution is -0.119. The smallest absolute Gasteiger partial charge is 0.239 e. The summed E-state index contributed by atoms with van der Waals surface area (Å²) in [6.07, 6.45) is 0.800. The summed E-state index contributed by atoms with van der Waals surface area (Å²) in [6, 6.07) is 17.3. The van der Waals surface area contributed by atoms with Gasteiger partial charge in [0.25, 0.3) is 0 Å². The molecule has 0 aromatic heterocycles. The van der Waals surface area contributed by atoms with Crippen molar-refractivity contribution in [2.24, 2.45) is 0 Å². The molecule has 4 heteroatoms. The zero-order valence-corrected chi connectivity index (χ0v) is 11.9. The second-order valence-corrected chi connectivity index (χ2v) is 4.88. The Hall–Kier alpha value is -2.00. The lowest BCUT2D eigenvalue weighted by Gasteiger charge is -2.07. The standard InChI is InChI=1S/C16H17ClN2O/c17-14-8-6-13(7-9-14)10-11-18-16(20)12-19-15-4-2-1-3-5-15/h1-9,19H,10-12H2,(H,18,20). The van der Waals surface area contributed by atoms with Gasteiger partial charge in [0.05, 0.1) is 6.54 Å². The number of amides is 1. The molecule has 0 bridgehead atoms. The lowest BCUT2D eigenvalue weighted by Crippen LogP contribution is -2.31. The predicted octanol–water partition coefficient (Wildman–Crippen LogP) is 3.11. The highest BCUT2D eigenvalue weighted by Gasteiger charge is 2.00. The number of anilines is 1. The van der Waals surface area contributed by atoms with Crippen molar-refractivity contribution in [3.8, 4) is 0 Å². The third-order valence-electron chi connectivity index (χ3n) is 2.88. The topological polar surface area (TPSA) is 41.1 Å². The van der Waals surface area contributed by atoms with E-state index in [1.54, 1.807) is 0 Å². The molecule has 0 radical (unpaired) electrons. The monoisotopic (exact) mass is 288 g/mol. The summed E-state index contributed by atoms with van der Waals surface area (Å²) in [5.74, 6) is -0.0113. The minimum Gasteiger partial charge on any atom is -0.376 e. The molecule has 2 N–H and O–H groups in total. The largest absolute Gasteiger partial charge is 0.376 e. The van der Waals surface area contributed by atoms with Crippen molar-refractivity contribution in [1.82, 2.24) is 5.32 Å². The van der Waals surface area contributed by atoms with Crippen LogP contribution in [0.15, 0.2) is 54.6 Å². The van der Waals surface area contributed by atoms with Crippen LogP contribution in [-0.4, -0.2) is 19.0 Å². The van der Waals surface area contributed by atoms with Gasteiger partial charge in [-0.25, -0.2) is 0 Å². The van der Waals surface area contributed by atoms with Gasteiger partial charge in [0.1, 0.15) is 0 Å². The highest BCUT2D eigenvalue weighted by molar-refractivity contribution is 6.30. The molecule has 20 heavy (non-hydrogen) atoms. The van der Waals surface area contributed by atoms with Crippen LogP contribution in [0.5, 0.6) is 0 Å². The minimum atomic E-state index is -0.0113. The molecule has 0 saturated carbocycles. The van der Waals surface area contributed by atoms with Crippen molar-refractivity contribution in [2.45, 2.75) is 6.42 Å². The Kier molecular flexibility index (Phi) is 5.44. The molecule has 3 nitrogen and oxygen atoms in total. The second-order valence-electron chi connectivity index (χ2n) is 4.45. The van der Waals surface area contributed by atoms with Crippen LogP contribution in [0.2, 0.25) is 5.02 Å². The third kappa shape index (κ3) is 4.94. The van der Waals surface area contributed by atoms with Crippen LogP contribution < -0.4 is 10.6 Å². The van der Waals surface area contributed by atoms with Crippen LogP contribution in [0.3, 0.4) is 0 Å². The SMILES string of the molecule is O=C(CNc1ccccc1)NCCc1ccc(Cl)cc1. The van der Waals surface area contributed by atoms with Gasteiger partial charge in [0.2, 0.25) is 5.91 Å². The number of hydrogen-bond donors (Lipinski definition) is 2. The molecule has 0 spiro atoms. The van der Waals surface area contributed by atoms with Gasteiger partial charge < -0.3 is 10.6 Å². The Bertz CT molecular complexity index is 540. The number of rotatable bonds is 6. The minimum absolute atomic E-state index is 0.0113. The van der Waals surface area contributed by atoms with Gasteiger partial charge in [0, 0.05) is 17.3 Å². The van der Waals surface area contributed by atoms with Crippen molar-refractivity contribution in [3.05, 3.63) is 65.2 Å². The zero-order chi connectivity index (χ0) is 14.2. The highest BCUT2D eigenvalue weighted by Crippen LogP contribution is 2.09. The molecule has 0 aliphatic carbocycles. The summed E-state index contributed by atoms with van der Waals surface area (Å²) in [7, 11) is 0. The fourth-order valence-electron chi connectivity index (χ4n) is 1.80. The van der Waals surface area contributed by atoms with Crippen molar-refractivity contribution in [3.63, 3.8) is 0 Å². The molecule has 1 amide bonds. The highest BCUT2D eigenvalue weighted by atomic mass is 35.5. The van der Waals surface area contributed by atoms with E-state index in [2.05, 4.69) is 10.6 Å². The van der Waals surface area contributed by atoms with Crippen LogP contribution in [0.25, 0.3) is 0 Å². The molecule has 0 unspecified atom stereocenters. The van der Waals surface area contributed by atoms with E-state index in [1.807, 2.05) is 54.6 Å². The lowest BCUT2D eigenvalue weighted by atomic mass is 10.1. The van der Waals surface area contributed by atoms with Gasteiger partial charge in [0.15, 0.2) is 0 Å². The number of benzene rings is 2. The van der Waals surface area contributed by atoms with E-state index >= 15 is 0 Å². The van der Waals surface area contributed by atoms with Crippen molar-refractivity contribution >= 4 is 23.2 Å². The molecular formula is C16H17ClN2O. The van der Waals surface area contributed by atoms with Crippen molar-refractivity contribution in [2.75, 3.05) is 18.4 Å². The number of hydrogen-bond acceptors (Lipinski definition) is 2. The zero-order valence-electron chi connectivity index (χ0n) is 11.1. The van der Waals surface area contributed by atoms with Crippen LogP contribution in [-0.2, 0) is 11.2 Å². The Morgan fingerprint density at radius 1 is 1.00 bits per heavy atom. The van der Waals surface area contributed by atoms with Crippen LogP contribution in [0, 0.1) is 0 Å². The van der Waals surface area contributed by atoms with Gasteiger partial charge in [-0.05, 0) is 36.2 Å². The van der Waals surface area contributed by atoms with Crippen LogP contribution >= 0.6 is 11.6 Å². The molecule has 0 fully saturated rings. The van der Waals surface area contributed by atoms with Crippen molar-refractivity contribution < 1.29 is 4.79 Å². The summed E-state index contributed by atoms with van der Waals surface area (Å²) < 4.78 is 0. The van der Waals surface area contributed by atoms with Gasteiger partial charge in [-0.3, -0.25) is 4.79 Å². The normalized spacial score (nSPS) is 10.1. The molecule has 0 aliphatic heterocycles. The van der Waals surface area contributed by atoms with E-state index in [9.17, 15) is 4.79 Å². The van der Waals surface area contributed by atoms with E-state index in [1.165, 1.54) is 0 Å². The van der Waals surface area contributed by atoms with Crippen molar-refractivity contribution in [1.29, 1.82) is 0 Å². The van der Waals surface area contributed by atoms with E-state index < -0.39 is 0 Å². The Labute approximate surface area is 124 Å². The molecule has 0 heterocycles. The average Bonchev–Trinajstić information content (AvgIpc) is 2.48. The van der Waals surface area contributed by atoms with E-state index in [0.717, 1.165) is 22.7 Å². The Morgan fingerprint density at radius 2 is 1.70 bits per heavy atom. The van der Waals surface area contributed by atoms with E-state index in [0.29, 0.717) is 6.54 Å². The second kappa shape index (κ2) is 7.56. The summed E-state index contributed by atoms with van der Waals surface area (Å²) >= 11 is 5.82. The number of carbonyl (C=O) groups is 1. The molecule has 0 aliphatic rings. The van der Waals surface area contributed by atoms with Gasteiger partial charge in [-0.1, -0.05) is 41.9 Å². The maximum atomic E-state index is 11.7. The quantitative estimate of drug-likeness (QED) is 0.857. The fourth-order valence-corrected chi connectivity index (χ4v) is 1.92. The first kappa shape index (κ1) is 14.4.